The van der Waals surface area contributed by atoms with Gasteiger partial charge >= 0.3 is 5.97 Å². The van der Waals surface area contributed by atoms with Crippen LogP contribution in [0.25, 0.3) is 0 Å². The van der Waals surface area contributed by atoms with E-state index in [2.05, 4.69) is 5.32 Å². The Morgan fingerprint density at radius 3 is 2.70 bits per heavy atom. The summed E-state index contributed by atoms with van der Waals surface area (Å²) in [5.74, 6) is -2.92. The van der Waals surface area contributed by atoms with Gasteiger partial charge in [-0.15, -0.1) is 0 Å². The molecule has 1 aromatic carbocycles. The summed E-state index contributed by atoms with van der Waals surface area (Å²) in [6.45, 7) is 1.16. The smallest absolute Gasteiger partial charge is 0.377 e. The molecule has 0 unspecified atom stereocenters. The van der Waals surface area contributed by atoms with E-state index < -0.39 is 24.2 Å². The van der Waals surface area contributed by atoms with Gasteiger partial charge in [0.05, 0.1) is 5.56 Å². The molecule has 1 heterocycles. The molecule has 0 fully saturated rings. The predicted octanol–water partition coefficient (Wildman–Crippen LogP) is 1.40. The van der Waals surface area contributed by atoms with Crippen molar-refractivity contribution in [2.75, 3.05) is 25.1 Å². The van der Waals surface area contributed by atoms with E-state index in [1.165, 1.54) is 19.1 Å². The summed E-state index contributed by atoms with van der Waals surface area (Å²) in [7, 11) is 0. The number of Topliss-reactive ketones (excluding diaryl/α,β-unsaturated/α-hetero) is 1. The fourth-order valence-electron chi connectivity index (χ4n) is 1.78. The van der Waals surface area contributed by atoms with Crippen LogP contribution in [0.1, 0.15) is 17.3 Å². The summed E-state index contributed by atoms with van der Waals surface area (Å²) < 4.78 is 28.5. The van der Waals surface area contributed by atoms with Crippen LogP contribution in [-0.4, -0.2) is 37.5 Å². The normalized spacial score (nSPS) is 13.2. The number of anilines is 1. The van der Waals surface area contributed by atoms with Gasteiger partial charge in [0.25, 0.3) is 0 Å². The van der Waals surface area contributed by atoms with Gasteiger partial charge in [0, 0.05) is 12.6 Å². The van der Waals surface area contributed by atoms with Crippen LogP contribution in [0.3, 0.4) is 0 Å². The molecule has 8 heteroatoms. The van der Waals surface area contributed by atoms with Gasteiger partial charge in [-0.05, 0) is 18.2 Å². The first-order chi connectivity index (χ1) is 11.0. The molecule has 0 aliphatic carbocycles. The number of ketones is 1. The van der Waals surface area contributed by atoms with Crippen LogP contribution in [-0.2, 0) is 23.8 Å². The maximum Gasteiger partial charge on any atom is 0.377 e. The van der Waals surface area contributed by atoms with E-state index in [0.717, 1.165) is 12.3 Å². The van der Waals surface area contributed by atoms with Crippen LogP contribution < -0.4 is 5.32 Å². The summed E-state index contributed by atoms with van der Waals surface area (Å²) in [5, 5.41) is 2.39. The third kappa shape index (κ3) is 4.53. The number of halogens is 1. The summed E-state index contributed by atoms with van der Waals surface area (Å²) in [6, 6.07) is 3.59. The molecular formula is C15H14FNO6. The highest BCUT2D eigenvalue weighted by Crippen LogP contribution is 2.16. The maximum absolute atomic E-state index is 13.9. The van der Waals surface area contributed by atoms with E-state index in [4.69, 9.17) is 14.2 Å². The lowest BCUT2D eigenvalue weighted by Crippen LogP contribution is -2.20. The van der Waals surface area contributed by atoms with Crippen LogP contribution in [0, 0.1) is 5.82 Å². The van der Waals surface area contributed by atoms with Crippen molar-refractivity contribution in [1.82, 2.24) is 0 Å². The maximum atomic E-state index is 13.9. The number of hydrogen-bond donors (Lipinski definition) is 1. The second-order valence-electron chi connectivity index (χ2n) is 4.58. The van der Waals surface area contributed by atoms with Gasteiger partial charge in [-0.1, -0.05) is 0 Å². The molecule has 1 N–H and O–H groups in total. The van der Waals surface area contributed by atoms with Crippen molar-refractivity contribution in [1.29, 1.82) is 0 Å². The average molecular weight is 323 g/mol. The second-order valence-corrected chi connectivity index (χ2v) is 4.58. The van der Waals surface area contributed by atoms with Gasteiger partial charge in [-0.25, -0.2) is 9.18 Å². The monoisotopic (exact) mass is 323 g/mol. The molecule has 0 radical (unpaired) electrons. The molecule has 0 saturated heterocycles. The zero-order valence-corrected chi connectivity index (χ0v) is 12.3. The highest BCUT2D eigenvalue weighted by Gasteiger charge is 2.20. The van der Waals surface area contributed by atoms with Crippen molar-refractivity contribution in [2.45, 2.75) is 6.92 Å². The van der Waals surface area contributed by atoms with E-state index in [-0.39, 0.29) is 29.5 Å². The third-order valence-electron chi connectivity index (χ3n) is 2.77. The predicted molar refractivity (Wildman–Crippen MR) is 76.0 cm³/mol. The molecular weight excluding hydrogens is 309 g/mol. The highest BCUT2D eigenvalue weighted by atomic mass is 19.1. The number of carbonyl (C=O) groups is 3. The number of esters is 1. The molecule has 23 heavy (non-hydrogen) atoms. The number of ether oxygens (including phenoxy) is 3. The first kappa shape index (κ1) is 16.5. The van der Waals surface area contributed by atoms with E-state index in [1.807, 2.05) is 0 Å². The molecule has 0 atom stereocenters. The average Bonchev–Trinajstić information content (AvgIpc) is 2.52. The first-order valence-corrected chi connectivity index (χ1v) is 6.69. The largest absolute Gasteiger partial charge is 0.493 e. The number of nitrogens with one attached hydrogen (secondary N) is 1. The Balaban J connectivity index is 1.96. The van der Waals surface area contributed by atoms with Crippen molar-refractivity contribution in [3.8, 4) is 0 Å². The van der Waals surface area contributed by atoms with Crippen molar-refractivity contribution >= 4 is 23.3 Å². The standard InChI is InChI=1S/C15H14FNO6/c1-9(18)17-10-2-3-11(12(16)6-10)13(19)7-23-15(20)14-8-21-4-5-22-14/h2-3,6,8H,4-5,7H2,1H3,(H,17,18). The fourth-order valence-corrected chi connectivity index (χ4v) is 1.78. The van der Waals surface area contributed by atoms with Crippen molar-refractivity contribution in [3.63, 3.8) is 0 Å². The molecule has 1 amide bonds. The molecule has 0 saturated carbocycles. The Kier molecular flexibility index (Phi) is 5.29. The Hall–Kier alpha value is -2.90. The van der Waals surface area contributed by atoms with Gasteiger partial charge < -0.3 is 19.5 Å². The SMILES string of the molecule is CC(=O)Nc1ccc(C(=O)COC(=O)C2=COCCO2)c(F)c1. The number of benzene rings is 1. The Labute approximate surface area is 131 Å². The van der Waals surface area contributed by atoms with Gasteiger partial charge in [0.2, 0.25) is 17.4 Å². The molecule has 1 aliphatic heterocycles. The molecule has 7 nitrogen and oxygen atoms in total. The lowest BCUT2D eigenvalue weighted by Gasteiger charge is -2.14. The van der Waals surface area contributed by atoms with Gasteiger partial charge in [0.15, 0.2) is 6.61 Å². The number of amides is 1. The van der Waals surface area contributed by atoms with E-state index >= 15 is 0 Å². The summed E-state index contributed by atoms with van der Waals surface area (Å²) >= 11 is 0. The third-order valence-corrected chi connectivity index (χ3v) is 2.77. The van der Waals surface area contributed by atoms with Crippen molar-refractivity contribution < 1.29 is 33.0 Å². The first-order valence-electron chi connectivity index (χ1n) is 6.69. The Bertz CT molecular complexity index is 670. The van der Waals surface area contributed by atoms with Crippen molar-refractivity contribution in [3.05, 3.63) is 41.6 Å². The highest BCUT2D eigenvalue weighted by molar-refractivity contribution is 5.99. The topological polar surface area (TPSA) is 90.9 Å². The van der Waals surface area contributed by atoms with Gasteiger partial charge in [-0.2, -0.15) is 0 Å². The van der Waals surface area contributed by atoms with Gasteiger partial charge in [0.1, 0.15) is 25.3 Å². The second kappa shape index (κ2) is 7.39. The fraction of sp³-hybridized carbons (Fsp3) is 0.267. The minimum Gasteiger partial charge on any atom is -0.493 e. The summed E-state index contributed by atoms with van der Waals surface area (Å²) in [6.07, 6.45) is 1.10. The molecule has 2 rings (SSSR count). The Morgan fingerprint density at radius 2 is 2.09 bits per heavy atom. The van der Waals surface area contributed by atoms with E-state index in [1.54, 1.807) is 0 Å². The molecule has 1 aromatic rings. The molecule has 1 aliphatic rings. The number of rotatable bonds is 5. The van der Waals surface area contributed by atoms with Crippen LogP contribution in [0.5, 0.6) is 0 Å². The number of hydrogen-bond acceptors (Lipinski definition) is 6. The summed E-state index contributed by atoms with van der Waals surface area (Å²) in [5.41, 5.74) is -0.0249. The van der Waals surface area contributed by atoms with Crippen LogP contribution in [0.15, 0.2) is 30.2 Å². The van der Waals surface area contributed by atoms with Crippen LogP contribution >= 0.6 is 0 Å². The minimum atomic E-state index is -0.867. The zero-order valence-electron chi connectivity index (χ0n) is 12.3. The van der Waals surface area contributed by atoms with E-state index in [0.29, 0.717) is 6.61 Å². The van der Waals surface area contributed by atoms with E-state index in [9.17, 15) is 18.8 Å². The molecule has 0 spiro atoms. The lowest BCUT2D eigenvalue weighted by molar-refractivity contribution is -0.143. The molecule has 0 aromatic heterocycles. The van der Waals surface area contributed by atoms with Gasteiger partial charge in [-0.3, -0.25) is 9.59 Å². The number of carbonyl (C=O) groups excluding carboxylic acids is 3. The summed E-state index contributed by atoms with van der Waals surface area (Å²) in [4.78, 5) is 34.4. The quantitative estimate of drug-likeness (QED) is 0.650. The Morgan fingerprint density at radius 1 is 1.30 bits per heavy atom. The lowest BCUT2D eigenvalue weighted by atomic mass is 10.1. The van der Waals surface area contributed by atoms with Crippen molar-refractivity contribution in [2.24, 2.45) is 0 Å². The van der Waals surface area contributed by atoms with Crippen LogP contribution in [0.2, 0.25) is 0 Å². The van der Waals surface area contributed by atoms with Crippen LogP contribution in [0.4, 0.5) is 10.1 Å². The zero-order chi connectivity index (χ0) is 16.8. The molecule has 122 valence electrons. The minimum absolute atomic E-state index is 0.148. The molecule has 0 bridgehead atoms.